The van der Waals surface area contributed by atoms with E-state index in [2.05, 4.69) is 20.5 Å². The Morgan fingerprint density at radius 2 is 1.92 bits per heavy atom. The van der Waals surface area contributed by atoms with Crippen molar-refractivity contribution in [2.75, 3.05) is 6.54 Å². The van der Waals surface area contributed by atoms with Crippen molar-refractivity contribution >= 4 is 29.1 Å². The standard InChI is InChI=1S/C17H15Cl2N5O2/c18-13-4-2-1-3-12(13)15(25)5-6-20-17(26)11-7-14(19)16(21-8-11)24-9-22-23-10-24/h1-4,7-10,15,25H,5-6H2,(H,20,26). The van der Waals surface area contributed by atoms with Crippen LogP contribution in [0.5, 0.6) is 0 Å². The van der Waals surface area contributed by atoms with Crippen molar-refractivity contribution < 1.29 is 9.90 Å². The van der Waals surface area contributed by atoms with Crippen molar-refractivity contribution in [1.29, 1.82) is 0 Å². The minimum Gasteiger partial charge on any atom is -0.388 e. The number of benzene rings is 1. The van der Waals surface area contributed by atoms with Gasteiger partial charge in [0.05, 0.1) is 16.7 Å². The lowest BCUT2D eigenvalue weighted by molar-refractivity contribution is 0.0942. The van der Waals surface area contributed by atoms with E-state index in [-0.39, 0.29) is 12.5 Å². The first-order valence-electron chi connectivity index (χ1n) is 7.77. The van der Waals surface area contributed by atoms with Crippen LogP contribution >= 0.6 is 23.2 Å². The number of nitrogens with one attached hydrogen (secondary N) is 1. The molecule has 0 radical (unpaired) electrons. The zero-order valence-electron chi connectivity index (χ0n) is 13.5. The van der Waals surface area contributed by atoms with Gasteiger partial charge in [0, 0.05) is 17.8 Å². The van der Waals surface area contributed by atoms with Gasteiger partial charge in [-0.05, 0) is 24.1 Å². The molecule has 1 aromatic carbocycles. The van der Waals surface area contributed by atoms with Crippen LogP contribution in [0.1, 0.15) is 28.4 Å². The van der Waals surface area contributed by atoms with Gasteiger partial charge in [-0.15, -0.1) is 10.2 Å². The number of halogens is 2. The number of amides is 1. The highest BCUT2D eigenvalue weighted by atomic mass is 35.5. The number of aliphatic hydroxyl groups excluding tert-OH is 1. The fourth-order valence-corrected chi connectivity index (χ4v) is 2.91. The van der Waals surface area contributed by atoms with Crippen LogP contribution < -0.4 is 5.32 Å². The van der Waals surface area contributed by atoms with E-state index in [0.717, 1.165) is 0 Å². The maximum atomic E-state index is 12.2. The van der Waals surface area contributed by atoms with Crippen molar-refractivity contribution in [3.05, 3.63) is 70.4 Å². The average Bonchev–Trinajstić information content (AvgIpc) is 3.16. The highest BCUT2D eigenvalue weighted by Gasteiger charge is 2.14. The third-order valence-electron chi connectivity index (χ3n) is 3.71. The number of pyridine rings is 1. The first-order valence-corrected chi connectivity index (χ1v) is 8.53. The molecule has 1 atom stereocenters. The number of hydrogen-bond donors (Lipinski definition) is 2. The Balaban J connectivity index is 1.58. The van der Waals surface area contributed by atoms with Gasteiger partial charge in [-0.3, -0.25) is 9.36 Å². The van der Waals surface area contributed by atoms with E-state index in [9.17, 15) is 9.90 Å². The number of rotatable bonds is 6. The molecule has 9 heteroatoms. The first-order chi connectivity index (χ1) is 12.6. The molecule has 2 aromatic heterocycles. The van der Waals surface area contributed by atoms with Crippen LogP contribution in [0.25, 0.3) is 5.82 Å². The largest absolute Gasteiger partial charge is 0.388 e. The van der Waals surface area contributed by atoms with Gasteiger partial charge < -0.3 is 10.4 Å². The molecular weight excluding hydrogens is 377 g/mol. The maximum Gasteiger partial charge on any atom is 0.252 e. The molecule has 1 unspecified atom stereocenters. The second kappa shape index (κ2) is 8.27. The average molecular weight is 392 g/mol. The molecule has 0 saturated carbocycles. The lowest BCUT2D eigenvalue weighted by Crippen LogP contribution is -2.26. The molecule has 0 fully saturated rings. The van der Waals surface area contributed by atoms with E-state index < -0.39 is 6.10 Å². The van der Waals surface area contributed by atoms with Crippen LogP contribution in [0.15, 0.2) is 49.2 Å². The predicted molar refractivity (Wildman–Crippen MR) is 97.5 cm³/mol. The first kappa shape index (κ1) is 18.3. The van der Waals surface area contributed by atoms with E-state index in [1.807, 2.05) is 0 Å². The van der Waals surface area contributed by atoms with Gasteiger partial charge in [0.1, 0.15) is 12.7 Å². The molecular formula is C17H15Cl2N5O2. The number of nitrogens with zero attached hydrogens (tertiary/aromatic N) is 4. The monoisotopic (exact) mass is 391 g/mol. The van der Waals surface area contributed by atoms with Gasteiger partial charge in [0.2, 0.25) is 0 Å². The van der Waals surface area contributed by atoms with Crippen molar-refractivity contribution in [3.8, 4) is 5.82 Å². The van der Waals surface area contributed by atoms with Crippen LogP contribution in [-0.2, 0) is 0 Å². The molecule has 2 heterocycles. The Morgan fingerprint density at radius 1 is 1.19 bits per heavy atom. The van der Waals surface area contributed by atoms with E-state index in [4.69, 9.17) is 23.2 Å². The summed E-state index contributed by atoms with van der Waals surface area (Å²) in [7, 11) is 0. The van der Waals surface area contributed by atoms with Crippen molar-refractivity contribution in [1.82, 2.24) is 25.1 Å². The number of aromatic nitrogens is 4. The molecule has 0 aliphatic carbocycles. The van der Waals surface area contributed by atoms with Crippen molar-refractivity contribution in [2.45, 2.75) is 12.5 Å². The quantitative estimate of drug-likeness (QED) is 0.673. The Morgan fingerprint density at radius 3 is 2.62 bits per heavy atom. The lowest BCUT2D eigenvalue weighted by atomic mass is 10.1. The van der Waals surface area contributed by atoms with Gasteiger partial charge in [-0.2, -0.15) is 0 Å². The second-order valence-corrected chi connectivity index (χ2v) is 6.29. The molecule has 0 aliphatic heterocycles. The van der Waals surface area contributed by atoms with Gasteiger partial charge in [-0.25, -0.2) is 4.98 Å². The summed E-state index contributed by atoms with van der Waals surface area (Å²) >= 11 is 12.2. The SMILES string of the molecule is O=C(NCCC(O)c1ccccc1Cl)c1cnc(-n2cnnc2)c(Cl)c1. The Labute approximate surface area is 159 Å². The minimum absolute atomic E-state index is 0.274. The molecule has 3 rings (SSSR count). The third kappa shape index (κ3) is 4.19. The molecule has 0 spiro atoms. The number of carbonyl (C=O) groups is 1. The van der Waals surface area contributed by atoms with E-state index in [0.29, 0.717) is 33.4 Å². The fraction of sp³-hybridized carbons (Fsp3) is 0.176. The van der Waals surface area contributed by atoms with E-state index in [1.54, 1.807) is 28.8 Å². The molecule has 1 amide bonds. The molecule has 0 saturated heterocycles. The molecule has 3 aromatic rings. The van der Waals surface area contributed by atoms with Gasteiger partial charge in [-0.1, -0.05) is 41.4 Å². The van der Waals surface area contributed by atoms with E-state index in [1.165, 1.54) is 24.9 Å². The summed E-state index contributed by atoms with van der Waals surface area (Å²) in [6.07, 6.45) is 3.91. The summed E-state index contributed by atoms with van der Waals surface area (Å²) in [5.74, 6) is 0.100. The molecule has 2 N–H and O–H groups in total. The molecule has 0 bridgehead atoms. The summed E-state index contributed by atoms with van der Waals surface area (Å²) in [6, 6.07) is 8.57. The van der Waals surface area contributed by atoms with Crippen molar-refractivity contribution in [2.24, 2.45) is 0 Å². The van der Waals surface area contributed by atoms with Crippen molar-refractivity contribution in [3.63, 3.8) is 0 Å². The number of carbonyl (C=O) groups excluding carboxylic acids is 1. The normalized spacial score (nSPS) is 12.0. The predicted octanol–water partition coefficient (Wildman–Crippen LogP) is 2.82. The molecule has 26 heavy (non-hydrogen) atoms. The van der Waals surface area contributed by atoms with E-state index >= 15 is 0 Å². The second-order valence-electron chi connectivity index (χ2n) is 5.48. The van der Waals surface area contributed by atoms with Crippen LogP contribution in [0.3, 0.4) is 0 Å². The summed E-state index contributed by atoms with van der Waals surface area (Å²) < 4.78 is 1.55. The Bertz CT molecular complexity index is 902. The van der Waals surface area contributed by atoms with Crippen LogP contribution in [0.4, 0.5) is 0 Å². The summed E-state index contributed by atoms with van der Waals surface area (Å²) in [5, 5.41) is 21.1. The highest BCUT2D eigenvalue weighted by Crippen LogP contribution is 2.24. The molecule has 0 aliphatic rings. The Kier molecular flexibility index (Phi) is 5.82. The van der Waals surface area contributed by atoms with Gasteiger partial charge in [0.25, 0.3) is 5.91 Å². The summed E-state index contributed by atoms with van der Waals surface area (Å²) in [6.45, 7) is 0.274. The van der Waals surface area contributed by atoms with Gasteiger partial charge >= 0.3 is 0 Å². The topological polar surface area (TPSA) is 92.9 Å². The fourth-order valence-electron chi connectivity index (χ4n) is 2.38. The summed E-state index contributed by atoms with van der Waals surface area (Å²) in [5.41, 5.74) is 0.950. The zero-order chi connectivity index (χ0) is 18.5. The van der Waals surface area contributed by atoms with Crippen LogP contribution in [0, 0.1) is 0 Å². The highest BCUT2D eigenvalue weighted by molar-refractivity contribution is 6.32. The van der Waals surface area contributed by atoms with Gasteiger partial charge in [0.15, 0.2) is 5.82 Å². The Hall–Kier alpha value is -2.48. The molecule has 7 nitrogen and oxygen atoms in total. The lowest BCUT2D eigenvalue weighted by Gasteiger charge is -2.13. The maximum absolute atomic E-state index is 12.2. The smallest absolute Gasteiger partial charge is 0.252 e. The minimum atomic E-state index is -0.762. The van der Waals surface area contributed by atoms with Crippen LogP contribution in [0.2, 0.25) is 10.0 Å². The van der Waals surface area contributed by atoms with Crippen LogP contribution in [-0.4, -0.2) is 37.3 Å². The molecule has 134 valence electrons. The summed E-state index contributed by atoms with van der Waals surface area (Å²) in [4.78, 5) is 16.4. The third-order valence-corrected chi connectivity index (χ3v) is 4.34. The zero-order valence-corrected chi connectivity index (χ0v) is 15.0. The number of aliphatic hydroxyl groups is 1. The number of hydrogen-bond acceptors (Lipinski definition) is 5.